The van der Waals surface area contributed by atoms with Crippen LogP contribution in [0, 0.1) is 25.2 Å². The minimum Gasteiger partial charge on any atom is -0.445 e. The van der Waals surface area contributed by atoms with E-state index in [1.807, 2.05) is 44.2 Å². The molecule has 3 rings (SSSR count). The van der Waals surface area contributed by atoms with Crippen LogP contribution in [0.15, 0.2) is 43.1 Å². The van der Waals surface area contributed by atoms with Crippen LogP contribution >= 0.6 is 0 Å². The second-order valence-corrected chi connectivity index (χ2v) is 5.71. The summed E-state index contributed by atoms with van der Waals surface area (Å²) in [4.78, 5) is 16.6. The van der Waals surface area contributed by atoms with E-state index in [4.69, 9.17) is 4.74 Å². The van der Waals surface area contributed by atoms with Gasteiger partial charge >= 0.3 is 6.09 Å². The zero-order chi connectivity index (χ0) is 18.7. The van der Waals surface area contributed by atoms with Gasteiger partial charge in [-0.25, -0.2) is 9.78 Å². The van der Waals surface area contributed by atoms with Crippen LogP contribution in [0.1, 0.15) is 16.7 Å². The molecule has 0 atom stereocenters. The van der Waals surface area contributed by atoms with E-state index in [2.05, 4.69) is 22.0 Å². The van der Waals surface area contributed by atoms with Crippen molar-refractivity contribution in [2.75, 3.05) is 11.9 Å². The fourth-order valence-electron chi connectivity index (χ4n) is 2.64. The maximum Gasteiger partial charge on any atom is 0.413 e. The van der Waals surface area contributed by atoms with Crippen LogP contribution in [-0.4, -0.2) is 27.5 Å². The molecule has 0 fully saturated rings. The molecule has 7 nitrogen and oxygen atoms in total. The zero-order valence-corrected chi connectivity index (χ0v) is 14.5. The van der Waals surface area contributed by atoms with E-state index in [9.17, 15) is 10.1 Å². The summed E-state index contributed by atoms with van der Waals surface area (Å²) in [6.45, 7) is 7.51. The first-order chi connectivity index (χ1) is 12.5. The summed E-state index contributed by atoms with van der Waals surface area (Å²) in [5.74, 6) is 0.714. The number of nitrogens with one attached hydrogen (secondary N) is 1. The third kappa shape index (κ3) is 3.13. The molecule has 26 heavy (non-hydrogen) atoms. The smallest absolute Gasteiger partial charge is 0.413 e. The van der Waals surface area contributed by atoms with Crippen molar-refractivity contribution >= 4 is 22.8 Å². The number of amides is 1. The van der Waals surface area contributed by atoms with Gasteiger partial charge in [0, 0.05) is 5.39 Å². The van der Waals surface area contributed by atoms with Gasteiger partial charge in [0.2, 0.25) is 0 Å². The van der Waals surface area contributed by atoms with Gasteiger partial charge < -0.3 is 4.74 Å². The number of aryl methyl sites for hydroxylation is 2. The molecule has 0 aliphatic rings. The van der Waals surface area contributed by atoms with Gasteiger partial charge in [0.15, 0.2) is 11.6 Å². The number of hydrogen-bond donors (Lipinski definition) is 1. The number of carbonyl (C=O) groups is 1. The molecule has 0 spiro atoms. The van der Waals surface area contributed by atoms with Crippen molar-refractivity contribution in [2.45, 2.75) is 13.8 Å². The predicted molar refractivity (Wildman–Crippen MR) is 98.2 cm³/mol. The Labute approximate surface area is 150 Å². The van der Waals surface area contributed by atoms with Crippen LogP contribution in [0.5, 0.6) is 0 Å². The first-order valence-electron chi connectivity index (χ1n) is 7.95. The number of aromatic nitrogens is 3. The molecule has 130 valence electrons. The standard InChI is InChI=1S/C19H17N5O2/c1-4-8-26-19(25)23-18-14(10-20)11-21-24(18)16-9-13(3)15-7-5-6-12(2)17(15)22-16/h4-7,9,11H,1,8H2,2-3H3,(H,23,25). The monoisotopic (exact) mass is 347 g/mol. The maximum atomic E-state index is 11.9. The number of carbonyl (C=O) groups excluding carboxylic acids is 1. The Bertz CT molecular complexity index is 1050. The number of ether oxygens (including phenoxy) is 1. The Kier molecular flexibility index (Phi) is 4.67. The average Bonchev–Trinajstić information content (AvgIpc) is 3.03. The summed E-state index contributed by atoms with van der Waals surface area (Å²) in [7, 11) is 0. The van der Waals surface area contributed by atoms with Crippen molar-refractivity contribution in [3.05, 3.63) is 59.8 Å². The van der Waals surface area contributed by atoms with Crippen molar-refractivity contribution in [1.82, 2.24) is 14.8 Å². The highest BCUT2D eigenvalue weighted by atomic mass is 16.5. The number of fused-ring (bicyclic) bond motifs is 1. The molecule has 1 N–H and O–H groups in total. The molecule has 0 unspecified atom stereocenters. The molecule has 2 heterocycles. The quantitative estimate of drug-likeness (QED) is 0.727. The molecular weight excluding hydrogens is 330 g/mol. The van der Waals surface area contributed by atoms with Gasteiger partial charge in [0.05, 0.1) is 11.7 Å². The number of nitriles is 1. The minimum absolute atomic E-state index is 0.0639. The second-order valence-electron chi connectivity index (χ2n) is 5.71. The van der Waals surface area contributed by atoms with Crippen molar-refractivity contribution in [2.24, 2.45) is 0 Å². The summed E-state index contributed by atoms with van der Waals surface area (Å²) in [5, 5.41) is 17.1. The van der Waals surface area contributed by atoms with Gasteiger partial charge in [0.25, 0.3) is 0 Å². The Hall–Kier alpha value is -3.66. The minimum atomic E-state index is -0.697. The van der Waals surface area contributed by atoms with E-state index in [1.165, 1.54) is 17.0 Å². The predicted octanol–water partition coefficient (Wildman–Crippen LogP) is 3.64. The molecular formula is C19H17N5O2. The molecule has 0 aliphatic heterocycles. The van der Waals surface area contributed by atoms with Crippen LogP contribution in [0.3, 0.4) is 0 Å². The van der Waals surface area contributed by atoms with Gasteiger partial charge in [-0.15, -0.1) is 0 Å². The van der Waals surface area contributed by atoms with Gasteiger partial charge in [-0.3, -0.25) is 5.32 Å². The Morgan fingerprint density at radius 1 is 1.42 bits per heavy atom. The van der Waals surface area contributed by atoms with E-state index in [0.717, 1.165) is 22.0 Å². The molecule has 0 bridgehead atoms. The number of nitrogens with zero attached hydrogens (tertiary/aromatic N) is 4. The Morgan fingerprint density at radius 3 is 2.96 bits per heavy atom. The topological polar surface area (TPSA) is 92.8 Å². The lowest BCUT2D eigenvalue weighted by molar-refractivity contribution is 0.174. The molecule has 1 amide bonds. The third-order valence-electron chi connectivity index (χ3n) is 3.89. The van der Waals surface area contributed by atoms with E-state index in [-0.39, 0.29) is 18.0 Å². The molecule has 0 saturated carbocycles. The zero-order valence-electron chi connectivity index (χ0n) is 14.5. The van der Waals surface area contributed by atoms with Crippen LogP contribution in [0.2, 0.25) is 0 Å². The average molecular weight is 347 g/mol. The van der Waals surface area contributed by atoms with Crippen molar-refractivity contribution in [3.63, 3.8) is 0 Å². The van der Waals surface area contributed by atoms with Crippen molar-refractivity contribution in [3.8, 4) is 11.9 Å². The fourth-order valence-corrected chi connectivity index (χ4v) is 2.64. The lowest BCUT2D eigenvalue weighted by Gasteiger charge is -2.12. The van der Waals surface area contributed by atoms with E-state index in [1.54, 1.807) is 0 Å². The van der Waals surface area contributed by atoms with Gasteiger partial charge in [-0.05, 0) is 31.0 Å². The second kappa shape index (κ2) is 7.07. The van der Waals surface area contributed by atoms with Crippen LogP contribution in [0.4, 0.5) is 10.6 Å². The van der Waals surface area contributed by atoms with Gasteiger partial charge in [-0.2, -0.15) is 15.0 Å². The number of anilines is 1. The van der Waals surface area contributed by atoms with Crippen LogP contribution < -0.4 is 5.32 Å². The molecule has 3 aromatic rings. The highest BCUT2D eigenvalue weighted by Gasteiger charge is 2.17. The van der Waals surface area contributed by atoms with Gasteiger partial charge in [0.1, 0.15) is 18.2 Å². The largest absolute Gasteiger partial charge is 0.445 e. The van der Waals surface area contributed by atoms with E-state index >= 15 is 0 Å². The molecule has 0 aliphatic carbocycles. The molecule has 2 aromatic heterocycles. The van der Waals surface area contributed by atoms with E-state index in [0.29, 0.717) is 5.82 Å². The lowest BCUT2D eigenvalue weighted by atomic mass is 10.1. The molecule has 1 aromatic carbocycles. The summed E-state index contributed by atoms with van der Waals surface area (Å²) < 4.78 is 6.35. The lowest BCUT2D eigenvalue weighted by Crippen LogP contribution is -2.17. The Balaban J connectivity index is 2.10. The highest BCUT2D eigenvalue weighted by Crippen LogP contribution is 2.25. The number of hydrogen-bond acceptors (Lipinski definition) is 5. The van der Waals surface area contributed by atoms with Crippen LogP contribution in [-0.2, 0) is 4.74 Å². The highest BCUT2D eigenvalue weighted by molar-refractivity contribution is 5.87. The third-order valence-corrected chi connectivity index (χ3v) is 3.89. The molecule has 0 saturated heterocycles. The van der Waals surface area contributed by atoms with Crippen molar-refractivity contribution < 1.29 is 9.53 Å². The summed E-state index contributed by atoms with van der Waals surface area (Å²) >= 11 is 0. The first kappa shape index (κ1) is 17.2. The SMILES string of the molecule is C=CCOC(=O)Nc1c(C#N)cnn1-c1cc(C)c2cccc(C)c2n1. The number of benzene rings is 1. The number of para-hydroxylation sites is 1. The van der Waals surface area contributed by atoms with Gasteiger partial charge in [-0.1, -0.05) is 30.9 Å². The number of rotatable bonds is 4. The summed E-state index contributed by atoms with van der Waals surface area (Å²) in [6, 6.07) is 9.83. The fraction of sp³-hybridized carbons (Fsp3) is 0.158. The van der Waals surface area contributed by atoms with E-state index < -0.39 is 6.09 Å². The first-order valence-corrected chi connectivity index (χ1v) is 7.95. The Morgan fingerprint density at radius 2 is 2.23 bits per heavy atom. The summed E-state index contributed by atoms with van der Waals surface area (Å²) in [5.41, 5.74) is 3.10. The maximum absolute atomic E-state index is 11.9. The molecule has 0 radical (unpaired) electrons. The summed E-state index contributed by atoms with van der Waals surface area (Å²) in [6.07, 6.45) is 2.14. The number of pyridine rings is 1. The normalized spacial score (nSPS) is 10.3. The van der Waals surface area contributed by atoms with Crippen LogP contribution in [0.25, 0.3) is 16.7 Å². The van der Waals surface area contributed by atoms with Crippen molar-refractivity contribution in [1.29, 1.82) is 5.26 Å². The molecule has 7 heteroatoms.